The fourth-order valence-electron chi connectivity index (χ4n) is 4.26. The SMILES string of the molecule is COc1cccc(C23CN(C)CC2CC3(OC)OC)c1. The molecule has 1 aromatic rings. The molecule has 0 radical (unpaired) electrons. The van der Waals surface area contributed by atoms with Crippen molar-refractivity contribution in [3.63, 3.8) is 0 Å². The molecule has 1 saturated carbocycles. The second-order valence-electron chi connectivity index (χ2n) is 5.96. The lowest BCUT2D eigenvalue weighted by molar-refractivity contribution is -0.314. The summed E-state index contributed by atoms with van der Waals surface area (Å²) in [5, 5.41) is 0. The highest BCUT2D eigenvalue weighted by atomic mass is 16.7. The van der Waals surface area contributed by atoms with Crippen molar-refractivity contribution >= 4 is 0 Å². The lowest BCUT2D eigenvalue weighted by Crippen LogP contribution is -2.68. The lowest BCUT2D eigenvalue weighted by atomic mass is 9.53. The van der Waals surface area contributed by atoms with Crippen LogP contribution in [-0.2, 0) is 14.9 Å². The molecule has 0 bridgehead atoms. The van der Waals surface area contributed by atoms with E-state index in [1.54, 1.807) is 21.3 Å². The molecule has 4 heteroatoms. The number of hydrogen-bond donors (Lipinski definition) is 0. The van der Waals surface area contributed by atoms with Gasteiger partial charge in [-0.25, -0.2) is 0 Å². The van der Waals surface area contributed by atoms with Crippen molar-refractivity contribution in [3.8, 4) is 5.75 Å². The Morgan fingerprint density at radius 3 is 2.55 bits per heavy atom. The van der Waals surface area contributed by atoms with Crippen molar-refractivity contribution in [3.05, 3.63) is 29.8 Å². The first-order chi connectivity index (χ1) is 9.61. The highest BCUT2D eigenvalue weighted by molar-refractivity contribution is 5.42. The molecule has 1 saturated heterocycles. The largest absolute Gasteiger partial charge is 0.497 e. The van der Waals surface area contributed by atoms with Crippen LogP contribution in [0.2, 0.25) is 0 Å². The van der Waals surface area contributed by atoms with E-state index in [0.717, 1.165) is 25.3 Å². The van der Waals surface area contributed by atoms with Crippen LogP contribution < -0.4 is 4.74 Å². The molecule has 1 aliphatic carbocycles. The Morgan fingerprint density at radius 2 is 1.95 bits per heavy atom. The van der Waals surface area contributed by atoms with Crippen molar-refractivity contribution in [2.45, 2.75) is 17.6 Å². The van der Waals surface area contributed by atoms with Gasteiger partial charge in [-0.15, -0.1) is 0 Å². The second kappa shape index (κ2) is 4.72. The molecule has 2 atom stereocenters. The maximum absolute atomic E-state index is 5.83. The predicted molar refractivity (Wildman–Crippen MR) is 77.0 cm³/mol. The van der Waals surface area contributed by atoms with E-state index in [2.05, 4.69) is 24.1 Å². The zero-order chi connectivity index (χ0) is 14.4. The van der Waals surface area contributed by atoms with Crippen molar-refractivity contribution < 1.29 is 14.2 Å². The van der Waals surface area contributed by atoms with Gasteiger partial charge in [-0.05, 0) is 30.7 Å². The van der Waals surface area contributed by atoms with Gasteiger partial charge in [-0.1, -0.05) is 12.1 Å². The van der Waals surface area contributed by atoms with Gasteiger partial charge in [0, 0.05) is 33.7 Å². The Bertz CT molecular complexity index is 500. The van der Waals surface area contributed by atoms with Gasteiger partial charge < -0.3 is 19.1 Å². The molecule has 2 aliphatic rings. The molecule has 0 N–H and O–H groups in total. The molecule has 20 heavy (non-hydrogen) atoms. The Hall–Kier alpha value is -1.10. The summed E-state index contributed by atoms with van der Waals surface area (Å²) in [5.74, 6) is 0.937. The molecule has 3 rings (SSSR count). The summed E-state index contributed by atoms with van der Waals surface area (Å²) in [4.78, 5) is 2.37. The minimum Gasteiger partial charge on any atom is -0.497 e. The molecule has 1 aliphatic heterocycles. The fraction of sp³-hybridized carbons (Fsp3) is 0.625. The molecule has 2 fully saturated rings. The zero-order valence-electron chi connectivity index (χ0n) is 12.7. The van der Waals surface area contributed by atoms with Gasteiger partial charge in [0.15, 0.2) is 5.79 Å². The van der Waals surface area contributed by atoms with Gasteiger partial charge in [-0.2, -0.15) is 0 Å². The molecule has 0 aromatic heterocycles. The number of benzene rings is 1. The van der Waals surface area contributed by atoms with E-state index in [9.17, 15) is 0 Å². The molecule has 4 nitrogen and oxygen atoms in total. The van der Waals surface area contributed by atoms with E-state index < -0.39 is 5.79 Å². The van der Waals surface area contributed by atoms with Crippen LogP contribution >= 0.6 is 0 Å². The van der Waals surface area contributed by atoms with Gasteiger partial charge >= 0.3 is 0 Å². The maximum atomic E-state index is 5.83. The molecular weight excluding hydrogens is 254 g/mol. The van der Waals surface area contributed by atoms with Crippen LogP contribution in [0.3, 0.4) is 0 Å². The predicted octanol–water partition coefficient (Wildman–Crippen LogP) is 1.89. The van der Waals surface area contributed by atoms with E-state index in [1.165, 1.54) is 5.56 Å². The summed E-state index contributed by atoms with van der Waals surface area (Å²) in [6.07, 6.45) is 0.946. The van der Waals surface area contributed by atoms with Crippen molar-refractivity contribution in [1.82, 2.24) is 4.90 Å². The Labute approximate surface area is 120 Å². The molecular formula is C16H23NO3. The highest BCUT2D eigenvalue weighted by Gasteiger charge is 2.70. The molecule has 1 heterocycles. The number of hydrogen-bond acceptors (Lipinski definition) is 4. The van der Waals surface area contributed by atoms with Gasteiger partial charge in [0.2, 0.25) is 0 Å². The third kappa shape index (κ3) is 1.59. The summed E-state index contributed by atoms with van der Waals surface area (Å²) in [5.41, 5.74) is 1.15. The average molecular weight is 277 g/mol. The van der Waals surface area contributed by atoms with E-state index in [4.69, 9.17) is 14.2 Å². The number of ether oxygens (including phenoxy) is 3. The van der Waals surface area contributed by atoms with Gasteiger partial charge in [-0.3, -0.25) is 0 Å². The maximum Gasteiger partial charge on any atom is 0.179 e. The Morgan fingerprint density at radius 1 is 1.20 bits per heavy atom. The monoisotopic (exact) mass is 277 g/mol. The van der Waals surface area contributed by atoms with Crippen molar-refractivity contribution in [2.75, 3.05) is 41.5 Å². The summed E-state index contributed by atoms with van der Waals surface area (Å²) in [7, 11) is 7.37. The highest BCUT2D eigenvalue weighted by Crippen LogP contribution is 2.61. The fourth-order valence-corrected chi connectivity index (χ4v) is 4.26. The summed E-state index contributed by atoms with van der Waals surface area (Å²) >= 11 is 0. The third-order valence-electron chi connectivity index (χ3n) is 5.19. The van der Waals surface area contributed by atoms with Crippen molar-refractivity contribution in [1.29, 1.82) is 0 Å². The standard InChI is InChI=1S/C16H23NO3/c1-17-10-13-9-16(19-3,20-4)15(13,11-17)12-6-5-7-14(8-12)18-2/h5-8,13H,9-11H2,1-4H3. The number of nitrogens with zero attached hydrogens (tertiary/aromatic N) is 1. The Balaban J connectivity index is 2.09. The molecule has 0 spiro atoms. The normalized spacial score (nSPS) is 31.7. The minimum absolute atomic E-state index is 0.0974. The first kappa shape index (κ1) is 13.9. The Kier molecular flexibility index (Phi) is 3.27. The van der Waals surface area contributed by atoms with Crippen LogP contribution in [0.25, 0.3) is 0 Å². The average Bonchev–Trinajstić information content (AvgIpc) is 2.75. The molecule has 0 amide bonds. The van der Waals surface area contributed by atoms with E-state index in [0.29, 0.717) is 5.92 Å². The second-order valence-corrected chi connectivity index (χ2v) is 5.96. The zero-order valence-corrected chi connectivity index (χ0v) is 12.7. The van der Waals surface area contributed by atoms with E-state index in [1.807, 2.05) is 12.1 Å². The molecule has 110 valence electrons. The van der Waals surface area contributed by atoms with E-state index in [-0.39, 0.29) is 5.41 Å². The number of methoxy groups -OCH3 is 3. The molecule has 1 aromatic carbocycles. The van der Waals surface area contributed by atoms with Gasteiger partial charge in [0.05, 0.1) is 12.5 Å². The third-order valence-corrected chi connectivity index (χ3v) is 5.19. The van der Waals surface area contributed by atoms with Gasteiger partial charge in [0.1, 0.15) is 5.75 Å². The van der Waals surface area contributed by atoms with Crippen LogP contribution in [-0.4, -0.2) is 52.2 Å². The lowest BCUT2D eigenvalue weighted by Gasteiger charge is -2.59. The van der Waals surface area contributed by atoms with E-state index >= 15 is 0 Å². The summed E-state index contributed by atoms with van der Waals surface area (Å²) < 4.78 is 17.0. The smallest absolute Gasteiger partial charge is 0.179 e. The van der Waals surface area contributed by atoms with Crippen LogP contribution in [0, 0.1) is 5.92 Å². The number of likely N-dealkylation sites (N-methyl/N-ethyl adjacent to an activating group) is 1. The van der Waals surface area contributed by atoms with Crippen LogP contribution in [0.4, 0.5) is 0 Å². The van der Waals surface area contributed by atoms with Crippen LogP contribution in [0.5, 0.6) is 5.75 Å². The molecule has 2 unspecified atom stereocenters. The minimum atomic E-state index is -0.519. The first-order valence-corrected chi connectivity index (χ1v) is 7.05. The van der Waals surface area contributed by atoms with Crippen LogP contribution in [0.1, 0.15) is 12.0 Å². The topological polar surface area (TPSA) is 30.9 Å². The number of rotatable bonds is 4. The summed E-state index contributed by atoms with van der Waals surface area (Å²) in [6, 6.07) is 8.32. The summed E-state index contributed by atoms with van der Waals surface area (Å²) in [6.45, 7) is 2.04. The first-order valence-electron chi connectivity index (χ1n) is 7.05. The van der Waals surface area contributed by atoms with Gasteiger partial charge in [0.25, 0.3) is 0 Å². The number of fused-ring (bicyclic) bond motifs is 1. The van der Waals surface area contributed by atoms with Crippen LogP contribution in [0.15, 0.2) is 24.3 Å². The quantitative estimate of drug-likeness (QED) is 0.786. The number of likely N-dealkylation sites (tertiary alicyclic amines) is 1. The van der Waals surface area contributed by atoms with Crippen molar-refractivity contribution in [2.24, 2.45) is 5.92 Å².